The van der Waals surface area contributed by atoms with Crippen LogP contribution in [0.1, 0.15) is 62.1 Å². The molecule has 0 amide bonds. The van der Waals surface area contributed by atoms with Crippen molar-refractivity contribution in [3.8, 4) is 6.07 Å². The molecule has 2 aromatic carbocycles. The fraction of sp³-hybridized carbons (Fsp3) is 0.406. The van der Waals surface area contributed by atoms with Gasteiger partial charge in [0.25, 0.3) is 0 Å². The number of hydrogen-bond donors (Lipinski definition) is 0. The van der Waals surface area contributed by atoms with E-state index in [1.165, 1.54) is 25.0 Å². The Morgan fingerprint density at radius 2 is 1.84 bits per heavy atom. The van der Waals surface area contributed by atoms with Crippen LogP contribution in [0.5, 0.6) is 0 Å². The molecule has 3 aliphatic carbocycles. The molecule has 1 spiro atoms. The van der Waals surface area contributed by atoms with Gasteiger partial charge in [-0.05, 0) is 85.3 Å². The summed E-state index contributed by atoms with van der Waals surface area (Å²) in [6.45, 7) is 2.25. The summed E-state index contributed by atoms with van der Waals surface area (Å²) in [5.41, 5.74) is 2.88. The van der Waals surface area contributed by atoms with Gasteiger partial charge >= 0.3 is 0 Å². The fourth-order valence-corrected chi connectivity index (χ4v) is 6.68. The highest BCUT2D eigenvalue weighted by atomic mass is 19.1. The van der Waals surface area contributed by atoms with Gasteiger partial charge in [0.15, 0.2) is 0 Å². The van der Waals surface area contributed by atoms with Gasteiger partial charge < -0.3 is 0 Å². The second-order valence-corrected chi connectivity index (χ2v) is 11.3. The first-order chi connectivity index (χ1) is 17.9. The van der Waals surface area contributed by atoms with Crippen molar-refractivity contribution in [3.05, 3.63) is 89.0 Å². The second kappa shape index (κ2) is 9.17. The Morgan fingerprint density at radius 3 is 2.54 bits per heavy atom. The molecule has 5 unspecified atom stereocenters. The van der Waals surface area contributed by atoms with Crippen molar-refractivity contribution in [3.63, 3.8) is 0 Å². The maximum absolute atomic E-state index is 15.0. The molecule has 6 rings (SSSR count). The van der Waals surface area contributed by atoms with Gasteiger partial charge in [0.05, 0.1) is 23.4 Å². The molecule has 188 valence electrons. The third kappa shape index (κ3) is 4.37. The first kappa shape index (κ1) is 24.0. The van der Waals surface area contributed by atoms with Crippen molar-refractivity contribution in [1.29, 1.82) is 5.26 Å². The molecule has 2 saturated carbocycles. The average molecular weight is 497 g/mol. The zero-order chi connectivity index (χ0) is 25.7. The Labute approximate surface area is 216 Å². The number of aliphatic imine (C=N–C) groups is 1. The quantitative estimate of drug-likeness (QED) is 0.456. The van der Waals surface area contributed by atoms with Gasteiger partial charge in [0.2, 0.25) is 0 Å². The lowest BCUT2D eigenvalue weighted by Gasteiger charge is -2.31. The van der Waals surface area contributed by atoms with Crippen LogP contribution in [-0.4, -0.2) is 17.5 Å². The number of halogens is 2. The van der Waals surface area contributed by atoms with E-state index in [1.807, 2.05) is 24.3 Å². The van der Waals surface area contributed by atoms with Crippen LogP contribution in [0.25, 0.3) is 5.57 Å². The number of Topliss-reactive ketones (excluding diaryl/α,β-unsaturated/α-hetero) is 1. The maximum atomic E-state index is 15.0. The van der Waals surface area contributed by atoms with Crippen LogP contribution in [-0.2, 0) is 4.79 Å². The predicted octanol–water partition coefficient (Wildman–Crippen LogP) is 7.07. The Balaban J connectivity index is 1.51. The molecule has 2 aromatic rings. The van der Waals surface area contributed by atoms with E-state index in [9.17, 15) is 14.4 Å². The summed E-state index contributed by atoms with van der Waals surface area (Å²) in [5.74, 6) is 0.346. The number of carbonyl (C=O) groups excluding carboxylic acids is 1. The topological polar surface area (TPSA) is 53.2 Å². The largest absolute Gasteiger partial charge is 0.299 e. The highest BCUT2D eigenvalue weighted by molar-refractivity contribution is 6.13. The van der Waals surface area contributed by atoms with Gasteiger partial charge in [-0.2, -0.15) is 5.26 Å². The molecule has 0 radical (unpaired) electrons. The van der Waals surface area contributed by atoms with E-state index in [2.05, 4.69) is 19.1 Å². The van der Waals surface area contributed by atoms with Crippen molar-refractivity contribution in [2.24, 2.45) is 34.1 Å². The Hall–Kier alpha value is -3.39. The molecule has 5 atom stereocenters. The lowest BCUT2D eigenvalue weighted by molar-refractivity contribution is -0.120. The van der Waals surface area contributed by atoms with Gasteiger partial charge in [-0.3, -0.25) is 9.79 Å². The van der Waals surface area contributed by atoms with Crippen LogP contribution < -0.4 is 0 Å². The van der Waals surface area contributed by atoms with E-state index in [0.717, 1.165) is 30.9 Å². The first-order valence-corrected chi connectivity index (χ1v) is 13.3. The summed E-state index contributed by atoms with van der Waals surface area (Å²) >= 11 is 0. The SMILES string of the molecule is CC1CCC(C2CC2)C=CC(c2ccc(F)cc2F)=CC2N=C(c3ccc(C#N)cc3)CC(=O)C3CC123. The van der Waals surface area contributed by atoms with E-state index in [1.54, 1.807) is 12.1 Å². The molecule has 5 heteroatoms. The fourth-order valence-electron chi connectivity index (χ4n) is 6.68. The van der Waals surface area contributed by atoms with Crippen LogP contribution in [0, 0.1) is 52.1 Å². The Kier molecular flexibility index (Phi) is 5.94. The van der Waals surface area contributed by atoms with E-state index in [0.29, 0.717) is 40.2 Å². The molecule has 3 nitrogen and oxygen atoms in total. The molecule has 0 saturated heterocycles. The summed E-state index contributed by atoms with van der Waals surface area (Å²) in [5, 5.41) is 9.19. The normalized spacial score (nSPS) is 31.2. The van der Waals surface area contributed by atoms with Crippen molar-refractivity contribution in [2.75, 3.05) is 0 Å². The van der Waals surface area contributed by atoms with Gasteiger partial charge in [-0.15, -0.1) is 0 Å². The predicted molar refractivity (Wildman–Crippen MR) is 140 cm³/mol. The standard InChI is InChI=1S/C32H30F2N2O/c1-19-2-5-21(22-8-9-22)10-11-24(26-13-12-25(33)15-28(26)34)14-31-32(19)17-27(32)30(37)16-29(36-31)23-6-3-20(18-35)4-7-23/h3-4,6-7,10-15,19,21-22,27,31H,2,5,8-9,16-17H2,1H3. The third-order valence-electron chi connectivity index (χ3n) is 9.15. The highest BCUT2D eigenvalue weighted by Crippen LogP contribution is 2.65. The minimum absolute atomic E-state index is 0.0644. The monoisotopic (exact) mass is 496 g/mol. The molecule has 37 heavy (non-hydrogen) atoms. The van der Waals surface area contributed by atoms with Gasteiger partial charge in [-0.25, -0.2) is 8.78 Å². The molecule has 0 N–H and O–H groups in total. The highest BCUT2D eigenvalue weighted by Gasteiger charge is 2.65. The lowest BCUT2D eigenvalue weighted by Crippen LogP contribution is -2.30. The molecule has 1 aliphatic heterocycles. The number of hydrogen-bond acceptors (Lipinski definition) is 3. The number of nitrogens with zero attached hydrogens (tertiary/aromatic N) is 2. The summed E-state index contributed by atoms with van der Waals surface area (Å²) in [7, 11) is 0. The minimum atomic E-state index is -0.602. The number of carbonyl (C=O) groups is 1. The van der Waals surface area contributed by atoms with Gasteiger partial charge in [-0.1, -0.05) is 37.3 Å². The molecular weight excluding hydrogens is 466 g/mol. The maximum Gasteiger partial charge on any atom is 0.142 e. The number of allylic oxidation sites excluding steroid dienone is 3. The molecule has 1 heterocycles. The van der Waals surface area contributed by atoms with Crippen LogP contribution in [0.2, 0.25) is 0 Å². The van der Waals surface area contributed by atoms with E-state index in [-0.39, 0.29) is 29.6 Å². The van der Waals surface area contributed by atoms with Crippen LogP contribution >= 0.6 is 0 Å². The third-order valence-corrected chi connectivity index (χ3v) is 9.15. The summed E-state index contributed by atoms with van der Waals surface area (Å²) in [4.78, 5) is 18.7. The Morgan fingerprint density at radius 1 is 1.05 bits per heavy atom. The second-order valence-electron chi connectivity index (χ2n) is 11.3. The summed E-state index contributed by atoms with van der Waals surface area (Å²) < 4.78 is 28.8. The number of rotatable bonds is 3. The molecule has 0 bridgehead atoms. The van der Waals surface area contributed by atoms with E-state index < -0.39 is 11.6 Å². The van der Waals surface area contributed by atoms with Crippen LogP contribution in [0.4, 0.5) is 8.78 Å². The number of ketones is 1. The molecular formula is C32H30F2N2O. The lowest BCUT2D eigenvalue weighted by atomic mass is 9.75. The van der Waals surface area contributed by atoms with Crippen LogP contribution in [0.15, 0.2) is 65.7 Å². The first-order valence-electron chi connectivity index (χ1n) is 13.3. The van der Waals surface area contributed by atoms with Crippen molar-refractivity contribution < 1.29 is 13.6 Å². The number of nitriles is 1. The minimum Gasteiger partial charge on any atom is -0.299 e. The van der Waals surface area contributed by atoms with Gasteiger partial charge in [0, 0.05) is 29.4 Å². The van der Waals surface area contributed by atoms with E-state index >= 15 is 4.39 Å². The smallest absolute Gasteiger partial charge is 0.142 e. The average Bonchev–Trinajstić information content (AvgIpc) is 3.80. The zero-order valence-corrected chi connectivity index (χ0v) is 21.0. The molecule has 4 aliphatic rings. The zero-order valence-electron chi connectivity index (χ0n) is 21.0. The van der Waals surface area contributed by atoms with Crippen molar-refractivity contribution in [1.82, 2.24) is 0 Å². The molecule has 0 aromatic heterocycles. The Bertz CT molecular complexity index is 1380. The van der Waals surface area contributed by atoms with Crippen molar-refractivity contribution >= 4 is 17.1 Å². The van der Waals surface area contributed by atoms with Gasteiger partial charge in [0.1, 0.15) is 17.4 Å². The van der Waals surface area contributed by atoms with Crippen LogP contribution in [0.3, 0.4) is 0 Å². The number of benzene rings is 2. The molecule has 2 fully saturated rings. The van der Waals surface area contributed by atoms with Crippen molar-refractivity contribution in [2.45, 2.75) is 51.5 Å². The summed E-state index contributed by atoms with van der Waals surface area (Å²) in [6.07, 6.45) is 11.8. The summed E-state index contributed by atoms with van der Waals surface area (Å²) in [6, 6.07) is 12.8. The van der Waals surface area contributed by atoms with E-state index in [4.69, 9.17) is 4.99 Å².